The van der Waals surface area contributed by atoms with Gasteiger partial charge in [0.1, 0.15) is 0 Å². The Morgan fingerprint density at radius 2 is 2.05 bits per heavy atom. The van der Waals surface area contributed by atoms with E-state index in [2.05, 4.69) is 19.2 Å². The molecule has 108 valence electrons. The molecule has 19 heavy (non-hydrogen) atoms. The number of nitrogens with two attached hydrogens (primary N) is 2. The van der Waals surface area contributed by atoms with E-state index in [0.717, 1.165) is 6.42 Å². The molecule has 5 N–H and O–H groups in total. The van der Waals surface area contributed by atoms with Crippen LogP contribution in [0.2, 0.25) is 0 Å². The number of halogens is 1. The lowest BCUT2D eigenvalue weighted by Gasteiger charge is -2.18. The molecule has 0 bridgehead atoms. The lowest BCUT2D eigenvalue weighted by atomic mass is 10.0. The fraction of sp³-hybridized carbons (Fsp3) is 0.500. The summed E-state index contributed by atoms with van der Waals surface area (Å²) in [5.41, 5.74) is 11.1. The molecule has 5 nitrogen and oxygen atoms in total. The van der Waals surface area contributed by atoms with Gasteiger partial charge in [0, 0.05) is 18.0 Å². The first-order valence-corrected chi connectivity index (χ1v) is 6.71. The summed E-state index contributed by atoms with van der Waals surface area (Å²) in [6.07, 6.45) is 0.830. The van der Waals surface area contributed by atoms with E-state index in [0.29, 0.717) is 22.9 Å². The van der Waals surface area contributed by atoms with Crippen molar-refractivity contribution in [3.05, 3.63) is 21.9 Å². The fourth-order valence-electron chi connectivity index (χ4n) is 1.62. The van der Waals surface area contributed by atoms with Gasteiger partial charge in [0.05, 0.1) is 10.4 Å². The van der Waals surface area contributed by atoms with Crippen molar-refractivity contribution < 1.29 is 9.59 Å². The van der Waals surface area contributed by atoms with E-state index >= 15 is 0 Å². The maximum Gasteiger partial charge on any atom is 0.261 e. The second-order valence-electron chi connectivity index (χ2n) is 4.60. The average Bonchev–Trinajstić information content (AvgIpc) is 2.76. The summed E-state index contributed by atoms with van der Waals surface area (Å²) in [6.45, 7) is 4.55. The van der Waals surface area contributed by atoms with E-state index < -0.39 is 5.91 Å². The number of carbonyl (C=O) groups is 2. The molecule has 2 amide bonds. The van der Waals surface area contributed by atoms with Gasteiger partial charge in [-0.15, -0.1) is 23.7 Å². The van der Waals surface area contributed by atoms with Crippen LogP contribution in [0.4, 0.5) is 0 Å². The first-order valence-electron chi connectivity index (χ1n) is 5.83. The Morgan fingerprint density at radius 1 is 1.42 bits per heavy atom. The highest BCUT2D eigenvalue weighted by atomic mass is 35.5. The maximum atomic E-state index is 11.9. The molecule has 0 aliphatic rings. The molecule has 0 aliphatic heterocycles. The normalized spacial score (nSPS) is 11.8. The van der Waals surface area contributed by atoms with Crippen LogP contribution in [0.3, 0.4) is 0 Å². The number of nitrogens with one attached hydrogen (secondary N) is 1. The third-order valence-electron chi connectivity index (χ3n) is 2.48. The van der Waals surface area contributed by atoms with Crippen molar-refractivity contribution in [3.8, 4) is 0 Å². The van der Waals surface area contributed by atoms with Crippen molar-refractivity contribution in [2.24, 2.45) is 17.4 Å². The molecule has 1 unspecified atom stereocenters. The van der Waals surface area contributed by atoms with Gasteiger partial charge in [-0.25, -0.2) is 0 Å². The lowest BCUT2D eigenvalue weighted by molar-refractivity contribution is 0.0938. The first-order chi connectivity index (χ1) is 8.43. The largest absolute Gasteiger partial charge is 0.366 e. The van der Waals surface area contributed by atoms with Crippen LogP contribution in [0.5, 0.6) is 0 Å². The summed E-state index contributed by atoms with van der Waals surface area (Å²) in [7, 11) is 0. The Labute approximate surface area is 123 Å². The third-order valence-corrected chi connectivity index (χ3v) is 3.41. The zero-order valence-electron chi connectivity index (χ0n) is 11.0. The summed E-state index contributed by atoms with van der Waals surface area (Å²) in [5.74, 6) is -0.269. The highest BCUT2D eigenvalue weighted by molar-refractivity contribution is 7.12. The van der Waals surface area contributed by atoms with Crippen molar-refractivity contribution in [3.63, 3.8) is 0 Å². The van der Waals surface area contributed by atoms with Gasteiger partial charge in [-0.1, -0.05) is 13.8 Å². The molecule has 1 aromatic heterocycles. The van der Waals surface area contributed by atoms with Crippen molar-refractivity contribution in [1.82, 2.24) is 5.32 Å². The molecule has 1 atom stereocenters. The van der Waals surface area contributed by atoms with E-state index in [1.807, 2.05) is 0 Å². The number of primary amides is 1. The SMILES string of the molecule is CC(C)CC(CN)NC(=O)c1cc(C(N)=O)cs1.Cl. The monoisotopic (exact) mass is 305 g/mol. The molecule has 0 fully saturated rings. The van der Waals surface area contributed by atoms with Gasteiger partial charge in [-0.3, -0.25) is 9.59 Å². The van der Waals surface area contributed by atoms with E-state index in [4.69, 9.17) is 11.5 Å². The molecule has 1 rings (SSSR count). The van der Waals surface area contributed by atoms with Crippen LogP contribution in [-0.2, 0) is 0 Å². The Hall–Kier alpha value is -1.11. The van der Waals surface area contributed by atoms with Gasteiger partial charge in [0.15, 0.2) is 0 Å². The summed E-state index contributed by atoms with van der Waals surface area (Å²) in [4.78, 5) is 23.3. The Morgan fingerprint density at radius 3 is 2.47 bits per heavy atom. The van der Waals surface area contributed by atoms with Crippen LogP contribution in [0, 0.1) is 5.92 Å². The van der Waals surface area contributed by atoms with Crippen molar-refractivity contribution in [1.29, 1.82) is 0 Å². The number of amides is 2. The molecule has 0 radical (unpaired) electrons. The maximum absolute atomic E-state index is 11.9. The van der Waals surface area contributed by atoms with Crippen molar-refractivity contribution >= 4 is 35.6 Å². The van der Waals surface area contributed by atoms with E-state index in [9.17, 15) is 9.59 Å². The summed E-state index contributed by atoms with van der Waals surface area (Å²) in [5, 5.41) is 4.44. The van der Waals surface area contributed by atoms with Gasteiger partial charge < -0.3 is 16.8 Å². The van der Waals surface area contributed by atoms with Gasteiger partial charge in [0.2, 0.25) is 5.91 Å². The number of hydrogen-bond acceptors (Lipinski definition) is 4. The minimum absolute atomic E-state index is 0. The van der Waals surface area contributed by atoms with Crippen molar-refractivity contribution in [2.75, 3.05) is 6.54 Å². The van der Waals surface area contributed by atoms with Crippen LogP contribution in [-0.4, -0.2) is 24.4 Å². The van der Waals surface area contributed by atoms with Gasteiger partial charge in [-0.05, 0) is 18.4 Å². The van der Waals surface area contributed by atoms with E-state index in [1.54, 1.807) is 5.38 Å². The number of carbonyl (C=O) groups excluding carboxylic acids is 2. The number of hydrogen-bond donors (Lipinski definition) is 3. The topological polar surface area (TPSA) is 98.2 Å². The Kier molecular flexibility index (Phi) is 7.66. The van der Waals surface area contributed by atoms with Crippen LogP contribution in [0.1, 0.15) is 40.3 Å². The lowest BCUT2D eigenvalue weighted by Crippen LogP contribution is -2.40. The smallest absolute Gasteiger partial charge is 0.261 e. The highest BCUT2D eigenvalue weighted by Crippen LogP contribution is 2.15. The van der Waals surface area contributed by atoms with Gasteiger partial charge in [0.25, 0.3) is 5.91 Å². The van der Waals surface area contributed by atoms with Gasteiger partial charge >= 0.3 is 0 Å². The molecule has 0 saturated heterocycles. The second kappa shape index (κ2) is 8.14. The van der Waals surface area contributed by atoms with Gasteiger partial charge in [-0.2, -0.15) is 0 Å². The summed E-state index contributed by atoms with van der Waals surface area (Å²) < 4.78 is 0. The fourth-order valence-corrected chi connectivity index (χ4v) is 2.42. The molecule has 0 saturated carbocycles. The number of rotatable bonds is 6. The summed E-state index contributed by atoms with van der Waals surface area (Å²) in [6, 6.07) is 1.46. The predicted molar refractivity (Wildman–Crippen MR) is 79.8 cm³/mol. The highest BCUT2D eigenvalue weighted by Gasteiger charge is 2.16. The molecular weight excluding hydrogens is 286 g/mol. The van der Waals surface area contributed by atoms with Crippen LogP contribution in [0.25, 0.3) is 0 Å². The molecule has 0 spiro atoms. The molecule has 0 aromatic carbocycles. The van der Waals surface area contributed by atoms with Crippen LogP contribution < -0.4 is 16.8 Å². The third kappa shape index (κ3) is 5.59. The number of thiophene rings is 1. The molecule has 1 aromatic rings. The van der Waals surface area contributed by atoms with Crippen LogP contribution >= 0.6 is 23.7 Å². The molecule has 1 heterocycles. The minimum Gasteiger partial charge on any atom is -0.366 e. The van der Waals surface area contributed by atoms with Crippen LogP contribution in [0.15, 0.2) is 11.4 Å². The first kappa shape index (κ1) is 17.9. The van der Waals surface area contributed by atoms with Crippen molar-refractivity contribution in [2.45, 2.75) is 26.3 Å². The predicted octanol–water partition coefficient (Wildman–Crippen LogP) is 1.37. The Balaban J connectivity index is 0.00000324. The second-order valence-corrected chi connectivity index (χ2v) is 5.51. The Bertz CT molecular complexity index is 434. The average molecular weight is 306 g/mol. The van der Waals surface area contributed by atoms with E-state index in [1.165, 1.54) is 17.4 Å². The summed E-state index contributed by atoms with van der Waals surface area (Å²) >= 11 is 1.20. The standard InChI is InChI=1S/C12H19N3O2S.ClH/c1-7(2)3-9(5-13)15-12(17)10-4-8(6-18-10)11(14)16;/h4,6-7,9H,3,5,13H2,1-2H3,(H2,14,16)(H,15,17);1H. The minimum atomic E-state index is -0.525. The molecule has 7 heteroatoms. The zero-order chi connectivity index (χ0) is 13.7. The van der Waals surface area contributed by atoms with E-state index in [-0.39, 0.29) is 24.4 Å². The molecular formula is C12H20ClN3O2S. The molecule has 0 aliphatic carbocycles. The quantitative estimate of drug-likeness (QED) is 0.740. The zero-order valence-corrected chi connectivity index (χ0v) is 12.6.